The molecule has 0 saturated carbocycles. The van der Waals surface area contributed by atoms with E-state index < -0.39 is 0 Å². The minimum absolute atomic E-state index is 0.0598. The number of aromatic nitrogens is 5. The Morgan fingerprint density at radius 3 is 2.65 bits per heavy atom. The highest BCUT2D eigenvalue weighted by molar-refractivity contribution is 7.71. The topological polar surface area (TPSA) is 94.5 Å². The normalized spacial score (nSPS) is 14.7. The number of nitrogens with zero attached hydrogens (tertiary/aromatic N) is 7. The van der Waals surface area contributed by atoms with Crippen molar-refractivity contribution < 1.29 is 13.9 Å². The van der Waals surface area contributed by atoms with E-state index >= 15 is 0 Å². The Hall–Kier alpha value is -3.05. The molecule has 0 aliphatic carbocycles. The monoisotopic (exact) mass is 443 g/mol. The fourth-order valence-corrected chi connectivity index (χ4v) is 3.77. The van der Waals surface area contributed by atoms with Crippen LogP contribution in [0.5, 0.6) is 0 Å². The van der Waals surface area contributed by atoms with Gasteiger partial charge in [-0.05, 0) is 37.3 Å². The lowest BCUT2D eigenvalue weighted by Crippen LogP contribution is -2.47. The van der Waals surface area contributed by atoms with Crippen LogP contribution in [0.25, 0.3) is 0 Å². The number of furan rings is 1. The van der Waals surface area contributed by atoms with E-state index in [9.17, 15) is 4.79 Å². The molecule has 1 aliphatic heterocycles. The lowest BCUT2D eigenvalue weighted by atomic mass is 10.3. The Bertz CT molecular complexity index is 1040. The number of ether oxygens (including phenoxy) is 1. The van der Waals surface area contributed by atoms with Crippen molar-refractivity contribution in [3.8, 4) is 0 Å². The highest BCUT2D eigenvalue weighted by atomic mass is 32.1. The summed E-state index contributed by atoms with van der Waals surface area (Å²) in [5, 5.41) is 4.64. The van der Waals surface area contributed by atoms with Crippen LogP contribution in [0.2, 0.25) is 0 Å². The standard InChI is InChI=1S/C20H25N7O3S/c1-2-29-18(28)13-17-23-27(20(31)26(17)14-16-5-3-12-30-16)15-24-8-10-25(11-9-24)19-21-6-4-7-22-19/h3-7,12H,2,8-11,13-15H2,1H3. The second-order valence-electron chi connectivity index (χ2n) is 7.14. The van der Waals surface area contributed by atoms with Crippen molar-refractivity contribution in [1.82, 2.24) is 29.2 Å². The molecule has 0 N–H and O–H groups in total. The Balaban J connectivity index is 1.47. The first kappa shape index (κ1) is 21.2. The zero-order chi connectivity index (χ0) is 21.6. The summed E-state index contributed by atoms with van der Waals surface area (Å²) in [4.78, 5) is 25.2. The highest BCUT2D eigenvalue weighted by Gasteiger charge is 2.21. The first-order valence-corrected chi connectivity index (χ1v) is 10.6. The molecule has 0 atom stereocenters. The van der Waals surface area contributed by atoms with Crippen LogP contribution in [0.1, 0.15) is 18.5 Å². The molecule has 11 heteroatoms. The van der Waals surface area contributed by atoms with E-state index in [-0.39, 0.29) is 12.4 Å². The molecule has 3 aromatic rings. The SMILES string of the molecule is CCOC(=O)Cc1nn(CN2CCN(c3ncccn3)CC2)c(=S)n1Cc1ccco1. The van der Waals surface area contributed by atoms with Crippen molar-refractivity contribution in [2.24, 2.45) is 0 Å². The van der Waals surface area contributed by atoms with Crippen LogP contribution in [0.15, 0.2) is 41.3 Å². The molecule has 4 rings (SSSR count). The van der Waals surface area contributed by atoms with Gasteiger partial charge >= 0.3 is 5.97 Å². The molecule has 0 bridgehead atoms. The minimum atomic E-state index is -0.327. The third-order valence-electron chi connectivity index (χ3n) is 5.04. The van der Waals surface area contributed by atoms with Crippen LogP contribution in [0.3, 0.4) is 0 Å². The maximum atomic E-state index is 12.1. The van der Waals surface area contributed by atoms with Gasteiger partial charge in [0.2, 0.25) is 5.95 Å². The van der Waals surface area contributed by atoms with Gasteiger partial charge in [0.15, 0.2) is 4.77 Å². The summed E-state index contributed by atoms with van der Waals surface area (Å²) >= 11 is 5.68. The number of hydrogen-bond donors (Lipinski definition) is 0. The van der Waals surface area contributed by atoms with Gasteiger partial charge in [0, 0.05) is 38.6 Å². The average molecular weight is 444 g/mol. The molecule has 0 radical (unpaired) electrons. The molecule has 164 valence electrons. The molecule has 10 nitrogen and oxygen atoms in total. The predicted molar refractivity (Wildman–Crippen MR) is 115 cm³/mol. The van der Waals surface area contributed by atoms with E-state index in [0.717, 1.165) is 37.9 Å². The third kappa shape index (κ3) is 5.17. The molecule has 0 amide bonds. The van der Waals surface area contributed by atoms with E-state index in [1.54, 1.807) is 30.3 Å². The summed E-state index contributed by atoms with van der Waals surface area (Å²) < 4.78 is 14.7. The molecule has 3 aromatic heterocycles. The largest absolute Gasteiger partial charge is 0.467 e. The lowest BCUT2D eigenvalue weighted by molar-refractivity contribution is -0.142. The first-order chi connectivity index (χ1) is 15.1. The Labute approximate surface area is 185 Å². The van der Waals surface area contributed by atoms with Gasteiger partial charge in [-0.25, -0.2) is 14.6 Å². The summed E-state index contributed by atoms with van der Waals surface area (Å²) in [5.74, 6) is 1.73. The van der Waals surface area contributed by atoms with E-state index in [1.165, 1.54) is 0 Å². The number of carbonyl (C=O) groups excluding carboxylic acids is 1. The second kappa shape index (κ2) is 9.84. The van der Waals surface area contributed by atoms with Gasteiger partial charge in [0.05, 0.1) is 26.1 Å². The van der Waals surface area contributed by atoms with Crippen molar-refractivity contribution in [1.29, 1.82) is 0 Å². The summed E-state index contributed by atoms with van der Waals surface area (Å²) in [5.41, 5.74) is 0. The molecular formula is C20H25N7O3S. The van der Waals surface area contributed by atoms with Crippen molar-refractivity contribution >= 4 is 24.1 Å². The van der Waals surface area contributed by atoms with Gasteiger partial charge in [0.1, 0.15) is 18.0 Å². The number of anilines is 1. The highest BCUT2D eigenvalue weighted by Crippen LogP contribution is 2.13. The number of rotatable bonds is 8. The molecular weight excluding hydrogens is 418 g/mol. The van der Waals surface area contributed by atoms with Gasteiger partial charge in [-0.2, -0.15) is 5.10 Å². The molecule has 0 spiro atoms. The Morgan fingerprint density at radius 1 is 1.19 bits per heavy atom. The Kier molecular flexibility index (Phi) is 6.73. The quantitative estimate of drug-likeness (QED) is 0.381. The van der Waals surface area contributed by atoms with Crippen LogP contribution < -0.4 is 4.90 Å². The van der Waals surface area contributed by atoms with E-state index in [0.29, 0.717) is 30.4 Å². The number of carbonyl (C=O) groups is 1. The smallest absolute Gasteiger partial charge is 0.313 e. The van der Waals surface area contributed by atoms with Crippen molar-refractivity contribution in [2.75, 3.05) is 37.7 Å². The molecule has 4 heterocycles. The maximum Gasteiger partial charge on any atom is 0.313 e. The molecule has 0 aromatic carbocycles. The fraction of sp³-hybridized carbons (Fsp3) is 0.450. The third-order valence-corrected chi connectivity index (χ3v) is 5.47. The maximum absolute atomic E-state index is 12.1. The van der Waals surface area contributed by atoms with Crippen LogP contribution >= 0.6 is 12.2 Å². The fourth-order valence-electron chi connectivity index (χ4n) is 3.50. The van der Waals surface area contributed by atoms with Crippen LogP contribution in [0.4, 0.5) is 5.95 Å². The first-order valence-electron chi connectivity index (χ1n) is 10.2. The lowest BCUT2D eigenvalue weighted by Gasteiger charge is -2.34. The average Bonchev–Trinajstić information content (AvgIpc) is 3.39. The number of esters is 1. The van der Waals surface area contributed by atoms with Gasteiger partial charge in [-0.3, -0.25) is 14.3 Å². The van der Waals surface area contributed by atoms with Gasteiger partial charge in [-0.15, -0.1) is 0 Å². The molecule has 1 fully saturated rings. The van der Waals surface area contributed by atoms with Crippen LogP contribution in [0, 0.1) is 4.77 Å². The van der Waals surface area contributed by atoms with Crippen LogP contribution in [-0.4, -0.2) is 68.0 Å². The van der Waals surface area contributed by atoms with E-state index in [2.05, 4.69) is 24.9 Å². The van der Waals surface area contributed by atoms with Crippen molar-refractivity contribution in [3.63, 3.8) is 0 Å². The van der Waals surface area contributed by atoms with Crippen LogP contribution in [-0.2, 0) is 29.2 Å². The molecule has 0 unspecified atom stereocenters. The number of piperazine rings is 1. The molecule has 31 heavy (non-hydrogen) atoms. The summed E-state index contributed by atoms with van der Waals surface area (Å²) in [6.07, 6.45) is 5.18. The Morgan fingerprint density at radius 2 is 1.97 bits per heavy atom. The minimum Gasteiger partial charge on any atom is -0.467 e. The second-order valence-corrected chi connectivity index (χ2v) is 7.51. The summed E-state index contributed by atoms with van der Waals surface area (Å²) in [6, 6.07) is 5.51. The predicted octanol–water partition coefficient (Wildman–Crippen LogP) is 1.73. The van der Waals surface area contributed by atoms with E-state index in [1.807, 2.05) is 22.8 Å². The molecule has 1 aliphatic rings. The van der Waals surface area contributed by atoms with Crippen molar-refractivity contribution in [2.45, 2.75) is 26.6 Å². The summed E-state index contributed by atoms with van der Waals surface area (Å²) in [7, 11) is 0. The zero-order valence-corrected chi connectivity index (χ0v) is 18.2. The van der Waals surface area contributed by atoms with E-state index in [4.69, 9.17) is 21.4 Å². The summed E-state index contributed by atoms with van der Waals surface area (Å²) in [6.45, 7) is 6.37. The zero-order valence-electron chi connectivity index (χ0n) is 17.4. The molecule has 1 saturated heterocycles. The van der Waals surface area contributed by atoms with Gasteiger partial charge in [0.25, 0.3) is 0 Å². The van der Waals surface area contributed by atoms with Crippen molar-refractivity contribution in [3.05, 3.63) is 53.2 Å². The van der Waals surface area contributed by atoms with Gasteiger partial charge in [-0.1, -0.05) is 0 Å². The van der Waals surface area contributed by atoms with Gasteiger partial charge < -0.3 is 14.1 Å². The number of hydrogen-bond acceptors (Lipinski definition) is 9.